The Bertz CT molecular complexity index is 713. The fraction of sp³-hybridized carbons (Fsp3) is 0.364. The van der Waals surface area contributed by atoms with Gasteiger partial charge in [0.25, 0.3) is 0 Å². The lowest BCUT2D eigenvalue weighted by atomic mass is 10.2. The Balaban J connectivity index is 1.78. The third kappa shape index (κ3) is 6.36. The third-order valence-electron chi connectivity index (χ3n) is 4.21. The molecule has 0 bridgehead atoms. The molecule has 0 N–H and O–H groups in total. The maximum atomic E-state index is 4.63. The molecular weight excluding hydrogens is 320 g/mol. The van der Waals surface area contributed by atoms with Crippen molar-refractivity contribution in [1.29, 1.82) is 0 Å². The zero-order valence-corrected chi connectivity index (χ0v) is 16.6. The van der Waals surface area contributed by atoms with E-state index in [4.69, 9.17) is 0 Å². The molecule has 0 spiro atoms. The maximum Gasteiger partial charge on any atom is 0.0489 e. The third-order valence-corrected chi connectivity index (χ3v) is 4.21. The van der Waals surface area contributed by atoms with Crippen molar-refractivity contribution >= 4 is 23.8 Å². The molecule has 4 nitrogen and oxygen atoms in total. The van der Waals surface area contributed by atoms with Gasteiger partial charge in [-0.3, -0.25) is 9.98 Å². The van der Waals surface area contributed by atoms with E-state index in [2.05, 4.69) is 75.2 Å². The Hall–Kier alpha value is -2.62. The molecule has 0 heterocycles. The summed E-state index contributed by atoms with van der Waals surface area (Å²) < 4.78 is 0. The lowest BCUT2D eigenvalue weighted by Gasteiger charge is -2.12. The first-order chi connectivity index (χ1) is 12.5. The highest BCUT2D eigenvalue weighted by Crippen LogP contribution is 2.12. The Morgan fingerprint density at radius 3 is 1.69 bits per heavy atom. The highest BCUT2D eigenvalue weighted by Gasteiger charge is 1.98. The van der Waals surface area contributed by atoms with Crippen LogP contribution >= 0.6 is 0 Å². The topological polar surface area (TPSA) is 31.2 Å². The van der Waals surface area contributed by atoms with Crippen LogP contribution in [0.2, 0.25) is 0 Å². The summed E-state index contributed by atoms with van der Waals surface area (Å²) in [6.45, 7) is 2.92. The second-order valence-corrected chi connectivity index (χ2v) is 6.92. The standard InChI is InChI=1S/C22H30N4/c1-18(24-17-20-8-12-22(13-9-20)26(4)5)14-15-23-16-19-6-10-21(11-7-19)25(2)3/h6-13,16-18H,14-15H2,1-5H3. The molecule has 0 amide bonds. The second kappa shape index (κ2) is 9.76. The van der Waals surface area contributed by atoms with E-state index >= 15 is 0 Å². The van der Waals surface area contributed by atoms with E-state index in [0.717, 1.165) is 24.1 Å². The highest BCUT2D eigenvalue weighted by atomic mass is 15.1. The van der Waals surface area contributed by atoms with Crippen molar-refractivity contribution < 1.29 is 0 Å². The summed E-state index contributed by atoms with van der Waals surface area (Å²) in [6, 6.07) is 17.1. The van der Waals surface area contributed by atoms with Gasteiger partial charge in [-0.25, -0.2) is 0 Å². The number of aliphatic imine (C=N–C) groups is 2. The molecule has 0 aliphatic carbocycles. The number of rotatable bonds is 8. The molecule has 0 fully saturated rings. The molecule has 0 aromatic heterocycles. The van der Waals surface area contributed by atoms with E-state index in [-0.39, 0.29) is 6.04 Å². The molecule has 1 atom stereocenters. The van der Waals surface area contributed by atoms with Gasteiger partial charge in [-0.05, 0) is 48.7 Å². The minimum atomic E-state index is 0.261. The average Bonchev–Trinajstić information content (AvgIpc) is 2.64. The molecule has 1 unspecified atom stereocenters. The van der Waals surface area contributed by atoms with Gasteiger partial charge in [-0.2, -0.15) is 0 Å². The SMILES string of the molecule is CC(CCN=Cc1ccc(N(C)C)cc1)N=Cc1ccc(N(C)C)cc1. The average molecular weight is 351 g/mol. The summed E-state index contributed by atoms with van der Waals surface area (Å²) >= 11 is 0. The van der Waals surface area contributed by atoms with Crippen LogP contribution in [-0.4, -0.2) is 53.2 Å². The quantitative estimate of drug-likeness (QED) is 0.670. The number of hydrogen-bond donors (Lipinski definition) is 0. The fourth-order valence-corrected chi connectivity index (χ4v) is 2.44. The number of hydrogen-bond acceptors (Lipinski definition) is 4. The Kier molecular flexibility index (Phi) is 7.39. The molecule has 2 aromatic rings. The van der Waals surface area contributed by atoms with Gasteiger partial charge < -0.3 is 9.80 Å². The molecule has 2 rings (SSSR count). The summed E-state index contributed by atoms with van der Waals surface area (Å²) in [4.78, 5) is 13.3. The monoisotopic (exact) mass is 350 g/mol. The minimum Gasteiger partial charge on any atom is -0.378 e. The number of benzene rings is 2. The van der Waals surface area contributed by atoms with Crippen molar-refractivity contribution in [2.45, 2.75) is 19.4 Å². The second-order valence-electron chi connectivity index (χ2n) is 6.92. The molecule has 0 saturated heterocycles. The summed E-state index contributed by atoms with van der Waals surface area (Å²) in [5.74, 6) is 0. The molecule has 26 heavy (non-hydrogen) atoms. The van der Waals surface area contributed by atoms with Crippen molar-refractivity contribution in [1.82, 2.24) is 0 Å². The lowest BCUT2D eigenvalue weighted by Crippen LogP contribution is -2.08. The van der Waals surface area contributed by atoms with E-state index < -0.39 is 0 Å². The van der Waals surface area contributed by atoms with Crippen molar-refractivity contribution in [3.05, 3.63) is 59.7 Å². The zero-order chi connectivity index (χ0) is 18.9. The van der Waals surface area contributed by atoms with Crippen LogP contribution < -0.4 is 9.80 Å². The summed E-state index contributed by atoms with van der Waals surface area (Å²) in [6.07, 6.45) is 4.84. The molecular formula is C22H30N4. The van der Waals surface area contributed by atoms with Crippen LogP contribution in [-0.2, 0) is 0 Å². The zero-order valence-electron chi connectivity index (χ0n) is 16.6. The summed E-state index contributed by atoms with van der Waals surface area (Å²) in [7, 11) is 8.17. The molecule has 0 saturated carbocycles. The van der Waals surface area contributed by atoms with E-state index in [1.807, 2.05) is 40.6 Å². The van der Waals surface area contributed by atoms with Gasteiger partial charge in [0.15, 0.2) is 0 Å². The van der Waals surface area contributed by atoms with Crippen LogP contribution in [0.25, 0.3) is 0 Å². The van der Waals surface area contributed by atoms with Crippen LogP contribution in [0.1, 0.15) is 24.5 Å². The first kappa shape index (κ1) is 19.7. The van der Waals surface area contributed by atoms with Gasteiger partial charge in [0.2, 0.25) is 0 Å². The van der Waals surface area contributed by atoms with Crippen LogP contribution in [0.3, 0.4) is 0 Å². The van der Waals surface area contributed by atoms with Crippen LogP contribution in [0.4, 0.5) is 11.4 Å². The van der Waals surface area contributed by atoms with E-state index in [1.54, 1.807) is 0 Å². The van der Waals surface area contributed by atoms with Crippen molar-refractivity contribution in [2.75, 3.05) is 44.5 Å². The predicted octanol–water partition coefficient (Wildman–Crippen LogP) is 4.14. The van der Waals surface area contributed by atoms with Crippen molar-refractivity contribution in [3.8, 4) is 0 Å². The fourth-order valence-electron chi connectivity index (χ4n) is 2.44. The Morgan fingerprint density at radius 2 is 1.23 bits per heavy atom. The van der Waals surface area contributed by atoms with E-state index in [9.17, 15) is 0 Å². The van der Waals surface area contributed by atoms with Gasteiger partial charge in [0.1, 0.15) is 0 Å². The van der Waals surface area contributed by atoms with E-state index in [0.29, 0.717) is 0 Å². The largest absolute Gasteiger partial charge is 0.378 e. The van der Waals surface area contributed by atoms with Gasteiger partial charge >= 0.3 is 0 Å². The van der Waals surface area contributed by atoms with Gasteiger partial charge in [-0.15, -0.1) is 0 Å². The Morgan fingerprint density at radius 1 is 0.769 bits per heavy atom. The first-order valence-corrected chi connectivity index (χ1v) is 9.03. The van der Waals surface area contributed by atoms with E-state index in [1.165, 1.54) is 11.4 Å². The van der Waals surface area contributed by atoms with Crippen LogP contribution in [0.5, 0.6) is 0 Å². The normalized spacial score (nSPS) is 12.7. The highest BCUT2D eigenvalue weighted by molar-refractivity contribution is 5.81. The van der Waals surface area contributed by atoms with Gasteiger partial charge in [0, 0.05) is 64.6 Å². The number of anilines is 2. The first-order valence-electron chi connectivity index (χ1n) is 9.03. The minimum absolute atomic E-state index is 0.261. The van der Waals surface area contributed by atoms with Crippen LogP contribution in [0, 0.1) is 0 Å². The van der Waals surface area contributed by atoms with Gasteiger partial charge in [-0.1, -0.05) is 24.3 Å². The molecule has 4 heteroatoms. The number of nitrogens with zero attached hydrogens (tertiary/aromatic N) is 4. The predicted molar refractivity (Wildman–Crippen MR) is 116 cm³/mol. The van der Waals surface area contributed by atoms with Crippen LogP contribution in [0.15, 0.2) is 58.5 Å². The molecule has 0 aliphatic rings. The molecule has 138 valence electrons. The summed E-state index contributed by atoms with van der Waals surface area (Å²) in [5, 5.41) is 0. The lowest BCUT2D eigenvalue weighted by molar-refractivity contribution is 0.683. The van der Waals surface area contributed by atoms with Gasteiger partial charge in [0.05, 0.1) is 0 Å². The smallest absolute Gasteiger partial charge is 0.0489 e. The molecule has 0 aliphatic heterocycles. The maximum absolute atomic E-state index is 4.63. The van der Waals surface area contributed by atoms with Crippen molar-refractivity contribution in [2.24, 2.45) is 9.98 Å². The summed E-state index contributed by atoms with van der Waals surface area (Å²) in [5.41, 5.74) is 4.66. The molecule has 2 aromatic carbocycles. The van der Waals surface area contributed by atoms with Crippen molar-refractivity contribution in [3.63, 3.8) is 0 Å². The molecule has 0 radical (unpaired) electrons. The Labute approximate surface area is 157 Å².